The molecule has 152 valence electrons. The minimum atomic E-state index is -0.0686. The second kappa shape index (κ2) is 7.40. The van der Waals surface area contributed by atoms with Crippen LogP contribution in [0.4, 0.5) is 0 Å². The van der Waals surface area contributed by atoms with Crippen molar-refractivity contribution in [2.75, 3.05) is 6.54 Å². The maximum Gasteiger partial charge on any atom is 0.251 e. The van der Waals surface area contributed by atoms with Crippen LogP contribution >= 0.6 is 0 Å². The minimum Gasteiger partial charge on any atom is -0.352 e. The van der Waals surface area contributed by atoms with E-state index in [4.69, 9.17) is 4.98 Å². The number of aromatic nitrogens is 5. The molecular formula is C23H24N6O. The first-order valence-electron chi connectivity index (χ1n) is 10.4. The van der Waals surface area contributed by atoms with Crippen LogP contribution in [0.25, 0.3) is 22.3 Å². The highest BCUT2D eigenvalue weighted by Crippen LogP contribution is 2.45. The summed E-state index contributed by atoms with van der Waals surface area (Å²) < 4.78 is 1.85. The minimum absolute atomic E-state index is 0.0686. The third kappa shape index (κ3) is 3.36. The van der Waals surface area contributed by atoms with Crippen LogP contribution in [0, 0.1) is 0 Å². The fourth-order valence-corrected chi connectivity index (χ4v) is 3.99. The maximum absolute atomic E-state index is 12.0. The van der Waals surface area contributed by atoms with E-state index in [1.807, 2.05) is 49.1 Å². The molecule has 2 aromatic carbocycles. The van der Waals surface area contributed by atoms with Crippen molar-refractivity contribution in [1.29, 1.82) is 0 Å². The smallest absolute Gasteiger partial charge is 0.251 e. The van der Waals surface area contributed by atoms with Crippen LogP contribution in [0.15, 0.2) is 42.6 Å². The van der Waals surface area contributed by atoms with Crippen LogP contribution in [0.2, 0.25) is 0 Å². The van der Waals surface area contributed by atoms with E-state index < -0.39 is 0 Å². The summed E-state index contributed by atoms with van der Waals surface area (Å²) >= 11 is 0. The van der Waals surface area contributed by atoms with Gasteiger partial charge in [0.15, 0.2) is 5.82 Å². The Morgan fingerprint density at radius 3 is 2.73 bits per heavy atom. The first-order chi connectivity index (χ1) is 14.6. The van der Waals surface area contributed by atoms with Gasteiger partial charge in [-0.3, -0.25) is 14.6 Å². The van der Waals surface area contributed by atoms with Gasteiger partial charge in [0.1, 0.15) is 5.82 Å². The lowest BCUT2D eigenvalue weighted by molar-refractivity contribution is 0.0956. The van der Waals surface area contributed by atoms with Crippen molar-refractivity contribution in [3.05, 3.63) is 65.1 Å². The van der Waals surface area contributed by atoms with Crippen molar-refractivity contribution in [1.82, 2.24) is 30.3 Å². The molecule has 4 aromatic rings. The number of hydrogen-bond acceptors (Lipinski definition) is 4. The molecule has 1 fully saturated rings. The molecule has 2 N–H and O–H groups in total. The normalized spacial score (nSPS) is 13.7. The Morgan fingerprint density at radius 2 is 2.00 bits per heavy atom. The second-order valence-corrected chi connectivity index (χ2v) is 7.83. The third-order valence-corrected chi connectivity index (χ3v) is 5.69. The zero-order valence-electron chi connectivity index (χ0n) is 17.1. The van der Waals surface area contributed by atoms with Crippen LogP contribution in [-0.4, -0.2) is 37.4 Å². The van der Waals surface area contributed by atoms with Crippen LogP contribution < -0.4 is 5.32 Å². The Balaban J connectivity index is 1.43. The Morgan fingerprint density at radius 1 is 1.20 bits per heavy atom. The van der Waals surface area contributed by atoms with E-state index >= 15 is 0 Å². The van der Waals surface area contributed by atoms with Gasteiger partial charge < -0.3 is 5.32 Å². The number of amides is 1. The molecule has 0 spiro atoms. The van der Waals surface area contributed by atoms with Gasteiger partial charge in [0.05, 0.1) is 11.7 Å². The number of nitrogens with zero attached hydrogens (tertiary/aromatic N) is 4. The SMILES string of the molecule is CCNC(=O)c1ccc(-c2nc(Cc3ccc4[nH]ncc4c3C3CC3)n(C)n2)cc1. The summed E-state index contributed by atoms with van der Waals surface area (Å²) in [6.07, 6.45) is 5.14. The number of aromatic amines is 1. The number of carbonyl (C=O) groups is 1. The summed E-state index contributed by atoms with van der Waals surface area (Å²) in [6, 6.07) is 11.7. The average Bonchev–Trinajstić information content (AvgIpc) is 3.36. The highest BCUT2D eigenvalue weighted by atomic mass is 16.1. The zero-order chi connectivity index (χ0) is 20.7. The van der Waals surface area contributed by atoms with Gasteiger partial charge in [0.2, 0.25) is 0 Å². The van der Waals surface area contributed by atoms with Crippen LogP contribution in [0.1, 0.15) is 53.0 Å². The predicted octanol–water partition coefficient (Wildman–Crippen LogP) is 3.58. The predicted molar refractivity (Wildman–Crippen MR) is 115 cm³/mol. The van der Waals surface area contributed by atoms with E-state index in [0.29, 0.717) is 23.9 Å². The van der Waals surface area contributed by atoms with Crippen molar-refractivity contribution in [2.45, 2.75) is 32.1 Å². The largest absolute Gasteiger partial charge is 0.352 e. The Labute approximate surface area is 174 Å². The molecule has 30 heavy (non-hydrogen) atoms. The lowest BCUT2D eigenvalue weighted by atomic mass is 9.97. The lowest BCUT2D eigenvalue weighted by Crippen LogP contribution is -2.22. The number of rotatable bonds is 6. The van der Waals surface area contributed by atoms with Crippen LogP contribution in [0.3, 0.4) is 0 Å². The van der Waals surface area contributed by atoms with Crippen molar-refractivity contribution >= 4 is 16.8 Å². The summed E-state index contributed by atoms with van der Waals surface area (Å²) in [7, 11) is 1.93. The monoisotopic (exact) mass is 400 g/mol. The average molecular weight is 400 g/mol. The molecule has 0 aliphatic heterocycles. The Bertz CT molecular complexity index is 1220. The third-order valence-electron chi connectivity index (χ3n) is 5.69. The van der Waals surface area contributed by atoms with Crippen LogP contribution in [-0.2, 0) is 13.5 Å². The molecular weight excluding hydrogens is 376 g/mol. The van der Waals surface area contributed by atoms with Gasteiger partial charge in [-0.15, -0.1) is 0 Å². The molecule has 1 amide bonds. The van der Waals surface area contributed by atoms with Crippen molar-refractivity contribution in [3.8, 4) is 11.4 Å². The van der Waals surface area contributed by atoms with Gasteiger partial charge in [0.25, 0.3) is 5.91 Å². The first kappa shape index (κ1) is 18.5. The van der Waals surface area contributed by atoms with Gasteiger partial charge in [0, 0.05) is 36.5 Å². The molecule has 0 radical (unpaired) electrons. The van der Waals surface area contributed by atoms with E-state index in [0.717, 1.165) is 23.3 Å². The van der Waals surface area contributed by atoms with Gasteiger partial charge in [-0.2, -0.15) is 10.2 Å². The number of H-pyrrole nitrogens is 1. The molecule has 7 heteroatoms. The van der Waals surface area contributed by atoms with E-state index in [9.17, 15) is 4.79 Å². The fraction of sp³-hybridized carbons (Fsp3) is 0.304. The fourth-order valence-electron chi connectivity index (χ4n) is 3.99. The summed E-state index contributed by atoms with van der Waals surface area (Å²) in [6.45, 7) is 2.52. The van der Waals surface area contributed by atoms with Crippen molar-refractivity contribution in [2.24, 2.45) is 7.05 Å². The molecule has 1 saturated carbocycles. The summed E-state index contributed by atoms with van der Waals surface area (Å²) in [5, 5.41) is 16.0. The Kier molecular flexibility index (Phi) is 4.58. The number of hydrogen-bond donors (Lipinski definition) is 2. The molecule has 7 nitrogen and oxygen atoms in total. The maximum atomic E-state index is 12.0. The van der Waals surface area contributed by atoms with Gasteiger partial charge >= 0.3 is 0 Å². The number of carbonyl (C=O) groups excluding carboxylic acids is 1. The summed E-state index contributed by atoms with van der Waals surface area (Å²) in [4.78, 5) is 16.8. The number of nitrogens with one attached hydrogen (secondary N) is 2. The zero-order valence-corrected chi connectivity index (χ0v) is 17.1. The summed E-state index contributed by atoms with van der Waals surface area (Å²) in [5.74, 6) is 2.15. The highest BCUT2D eigenvalue weighted by Gasteiger charge is 2.29. The van der Waals surface area contributed by atoms with E-state index in [1.54, 1.807) is 0 Å². The first-order valence-corrected chi connectivity index (χ1v) is 10.4. The quantitative estimate of drug-likeness (QED) is 0.518. The Hall–Kier alpha value is -3.48. The molecule has 0 atom stereocenters. The molecule has 5 rings (SSSR count). The second-order valence-electron chi connectivity index (χ2n) is 7.83. The van der Waals surface area contributed by atoms with Gasteiger partial charge in [-0.1, -0.05) is 18.2 Å². The molecule has 0 saturated heterocycles. The molecule has 0 unspecified atom stereocenters. The van der Waals surface area contributed by atoms with E-state index in [-0.39, 0.29) is 5.91 Å². The molecule has 2 aromatic heterocycles. The highest BCUT2D eigenvalue weighted by molar-refractivity contribution is 5.94. The molecule has 1 aliphatic carbocycles. The van der Waals surface area contributed by atoms with Gasteiger partial charge in [-0.25, -0.2) is 4.98 Å². The van der Waals surface area contributed by atoms with E-state index in [2.05, 4.69) is 32.7 Å². The topological polar surface area (TPSA) is 88.5 Å². The lowest BCUT2D eigenvalue weighted by Gasteiger charge is -2.09. The van der Waals surface area contributed by atoms with E-state index in [1.165, 1.54) is 29.4 Å². The number of fused-ring (bicyclic) bond motifs is 1. The number of aryl methyl sites for hydroxylation is 1. The number of benzene rings is 2. The van der Waals surface area contributed by atoms with Crippen molar-refractivity contribution in [3.63, 3.8) is 0 Å². The standard InChI is InChI=1S/C23H24N6O/c1-3-24-23(30)16-8-6-15(7-9-16)22-26-20(29(2)28-22)12-17-10-11-19-18(13-25-27-19)21(17)14-4-5-14/h6-11,13-14H,3-5,12H2,1-2H3,(H,24,30)(H,25,27). The van der Waals surface area contributed by atoms with Crippen LogP contribution in [0.5, 0.6) is 0 Å². The molecule has 1 aliphatic rings. The summed E-state index contributed by atoms with van der Waals surface area (Å²) in [5.41, 5.74) is 5.32. The molecule has 0 bridgehead atoms. The van der Waals surface area contributed by atoms with Crippen molar-refractivity contribution < 1.29 is 4.79 Å². The molecule has 2 heterocycles. The van der Waals surface area contributed by atoms with Gasteiger partial charge in [-0.05, 0) is 55.0 Å².